The van der Waals surface area contributed by atoms with Crippen LogP contribution in [0.25, 0.3) is 0 Å². The van der Waals surface area contributed by atoms with E-state index in [1.165, 1.54) is 36.7 Å². The van der Waals surface area contributed by atoms with Gasteiger partial charge in [0, 0.05) is 44.3 Å². The van der Waals surface area contributed by atoms with Crippen LogP contribution >= 0.6 is 34.7 Å². The number of non-ortho nitro benzene ring substituents is 1. The minimum atomic E-state index is -0.363. The molecule has 3 aliphatic rings. The van der Waals surface area contributed by atoms with Crippen molar-refractivity contribution in [3.8, 4) is 5.75 Å². The van der Waals surface area contributed by atoms with Crippen LogP contribution in [0.4, 0.5) is 5.69 Å². The number of hydrogen-bond acceptors (Lipinski definition) is 6. The summed E-state index contributed by atoms with van der Waals surface area (Å²) in [7, 11) is 0. The Morgan fingerprint density at radius 1 is 1.18 bits per heavy atom. The number of ether oxygens (including phenoxy) is 1. The second-order valence-corrected chi connectivity index (χ2v) is 11.6. The molecule has 1 N–H and O–H groups in total. The van der Waals surface area contributed by atoms with Crippen molar-refractivity contribution < 1.29 is 9.66 Å². The second-order valence-electron chi connectivity index (χ2n) is 9.04. The molecule has 2 saturated carbocycles. The Bertz CT molecular complexity index is 1310. The molecule has 2 bridgehead atoms. The Kier molecular flexibility index (Phi) is 5.27. The van der Waals surface area contributed by atoms with Crippen molar-refractivity contribution in [3.05, 3.63) is 83.3 Å². The molecule has 170 valence electrons. The zero-order chi connectivity index (χ0) is 22.7. The zero-order valence-electron chi connectivity index (χ0n) is 17.5. The van der Waals surface area contributed by atoms with E-state index in [9.17, 15) is 14.9 Å². The number of nitro groups is 1. The minimum Gasteiger partial charge on any atom is -0.489 e. The number of thiazole rings is 1. The van der Waals surface area contributed by atoms with E-state index in [2.05, 4.69) is 4.98 Å². The van der Waals surface area contributed by atoms with Gasteiger partial charge in [0.05, 0.1) is 9.95 Å². The number of hydrogen-bond donors (Lipinski definition) is 1. The number of nitro benzene ring substituents is 1. The molecule has 2 aromatic carbocycles. The standard InChI is InChI=1S/C24H21ClN2O4S2/c25-17-4-2-1-3-14(17)11-31-18-8-7-15(27(29)30)10-16(18)20-19-12-5-6-13(9-12)21(19)32-23-22(20)33-24(28)26-23/h1-4,7-8,10,12-13,19-21H,5-6,9,11H2,(H,26,28)/t12-,13+,19+,20+,21+/m1/s1. The molecule has 0 radical (unpaired) electrons. The Morgan fingerprint density at radius 3 is 2.82 bits per heavy atom. The van der Waals surface area contributed by atoms with Crippen LogP contribution in [-0.4, -0.2) is 15.2 Å². The van der Waals surface area contributed by atoms with Crippen molar-refractivity contribution in [2.24, 2.45) is 17.8 Å². The maximum Gasteiger partial charge on any atom is 0.305 e. The largest absolute Gasteiger partial charge is 0.489 e. The van der Waals surface area contributed by atoms with Gasteiger partial charge in [0.25, 0.3) is 5.69 Å². The van der Waals surface area contributed by atoms with E-state index in [-0.39, 0.29) is 28.0 Å². The summed E-state index contributed by atoms with van der Waals surface area (Å²) in [5.41, 5.74) is 1.69. The second kappa shape index (κ2) is 8.18. The first-order valence-corrected chi connectivity index (χ1v) is 13.1. The quantitative estimate of drug-likeness (QED) is 0.331. The summed E-state index contributed by atoms with van der Waals surface area (Å²) < 4.78 is 6.24. The number of benzene rings is 2. The number of thioether (sulfide) groups is 1. The maximum atomic E-state index is 12.3. The van der Waals surface area contributed by atoms with Crippen molar-refractivity contribution in [2.75, 3.05) is 0 Å². The number of H-pyrrole nitrogens is 1. The maximum absolute atomic E-state index is 12.3. The fourth-order valence-corrected chi connectivity index (χ4v) is 9.07. The monoisotopic (exact) mass is 500 g/mol. The van der Waals surface area contributed by atoms with Crippen LogP contribution in [0, 0.1) is 27.9 Å². The van der Waals surface area contributed by atoms with Gasteiger partial charge in [-0.05, 0) is 49.1 Å². The first kappa shape index (κ1) is 21.3. The lowest BCUT2D eigenvalue weighted by Gasteiger charge is -2.40. The third-order valence-corrected chi connectivity index (χ3v) is 10.3. The molecular weight excluding hydrogens is 480 g/mol. The lowest BCUT2D eigenvalue weighted by Crippen LogP contribution is -2.33. The zero-order valence-corrected chi connectivity index (χ0v) is 19.9. The van der Waals surface area contributed by atoms with Gasteiger partial charge in [0.2, 0.25) is 0 Å². The van der Waals surface area contributed by atoms with Crippen molar-refractivity contribution >= 4 is 40.4 Å². The third kappa shape index (κ3) is 3.59. The highest BCUT2D eigenvalue weighted by Gasteiger charge is 2.55. The van der Waals surface area contributed by atoms with Gasteiger partial charge in [0.1, 0.15) is 12.4 Å². The smallest absolute Gasteiger partial charge is 0.305 e. The van der Waals surface area contributed by atoms with Gasteiger partial charge in [-0.25, -0.2) is 0 Å². The fraction of sp³-hybridized carbons (Fsp3) is 0.375. The summed E-state index contributed by atoms with van der Waals surface area (Å²) in [6.07, 6.45) is 3.60. The summed E-state index contributed by atoms with van der Waals surface area (Å²) in [5.74, 6) is 2.07. The summed E-state index contributed by atoms with van der Waals surface area (Å²) in [6, 6.07) is 12.3. The predicted octanol–water partition coefficient (Wildman–Crippen LogP) is 6.23. The first-order chi connectivity index (χ1) is 16.0. The molecule has 2 heterocycles. The van der Waals surface area contributed by atoms with Crippen LogP contribution in [0.2, 0.25) is 5.02 Å². The van der Waals surface area contributed by atoms with Crippen molar-refractivity contribution in [1.29, 1.82) is 0 Å². The van der Waals surface area contributed by atoms with E-state index in [4.69, 9.17) is 16.3 Å². The summed E-state index contributed by atoms with van der Waals surface area (Å²) in [6.45, 7) is 0.266. The van der Waals surface area contributed by atoms with Gasteiger partial charge >= 0.3 is 4.87 Å². The van der Waals surface area contributed by atoms with Crippen LogP contribution in [0.15, 0.2) is 52.3 Å². The highest BCUT2D eigenvalue weighted by atomic mass is 35.5. The van der Waals surface area contributed by atoms with E-state index in [1.54, 1.807) is 23.9 Å². The van der Waals surface area contributed by atoms with Gasteiger partial charge < -0.3 is 9.72 Å². The third-order valence-electron chi connectivity index (χ3n) is 7.35. The molecule has 9 heteroatoms. The summed E-state index contributed by atoms with van der Waals surface area (Å²) in [5, 5.41) is 13.6. The highest BCUT2D eigenvalue weighted by molar-refractivity contribution is 8.00. The molecule has 3 aromatic rings. The van der Waals surface area contributed by atoms with E-state index >= 15 is 0 Å². The number of nitrogens with one attached hydrogen (secondary N) is 1. The minimum absolute atomic E-state index is 0.0393. The van der Waals surface area contributed by atoms with Gasteiger partial charge in [-0.15, -0.1) is 11.8 Å². The van der Waals surface area contributed by atoms with Crippen molar-refractivity contribution in [3.63, 3.8) is 0 Å². The molecule has 0 spiro atoms. The molecule has 33 heavy (non-hydrogen) atoms. The molecule has 1 aromatic heterocycles. The number of aromatic nitrogens is 1. The average Bonchev–Trinajstić information content (AvgIpc) is 3.51. The lowest BCUT2D eigenvalue weighted by atomic mass is 9.74. The highest BCUT2D eigenvalue weighted by Crippen LogP contribution is 2.64. The van der Waals surface area contributed by atoms with E-state index < -0.39 is 0 Å². The molecule has 1 aliphatic heterocycles. The average molecular weight is 501 g/mol. The Balaban J connectivity index is 1.46. The molecule has 0 saturated heterocycles. The first-order valence-electron chi connectivity index (χ1n) is 11.0. The predicted molar refractivity (Wildman–Crippen MR) is 130 cm³/mol. The number of rotatable bonds is 5. The van der Waals surface area contributed by atoms with Crippen LogP contribution in [0.1, 0.15) is 41.2 Å². The molecule has 2 aliphatic carbocycles. The molecule has 5 atom stereocenters. The molecule has 6 nitrogen and oxygen atoms in total. The van der Waals surface area contributed by atoms with Crippen LogP contribution < -0.4 is 9.61 Å². The topological polar surface area (TPSA) is 85.2 Å². The summed E-state index contributed by atoms with van der Waals surface area (Å²) >= 11 is 9.35. The van der Waals surface area contributed by atoms with Gasteiger partial charge in [-0.2, -0.15) is 0 Å². The van der Waals surface area contributed by atoms with E-state index in [0.29, 0.717) is 33.8 Å². The SMILES string of the molecule is O=c1[nH]c2c(s1)[C@@H](c1cc([N+](=O)[O-])ccc1OCc1ccccc1Cl)[C@@H]1[C@@H]3CC[C@@H](C3)[C@@H]1S2. The van der Waals surface area contributed by atoms with Gasteiger partial charge in [0.15, 0.2) is 0 Å². The molecule has 0 unspecified atom stereocenters. The lowest BCUT2D eigenvalue weighted by molar-refractivity contribution is -0.385. The molecule has 2 fully saturated rings. The van der Waals surface area contributed by atoms with Gasteiger partial charge in [-0.1, -0.05) is 41.1 Å². The van der Waals surface area contributed by atoms with Crippen molar-refractivity contribution in [2.45, 2.75) is 42.1 Å². The fourth-order valence-electron chi connectivity index (χ4n) is 5.99. The van der Waals surface area contributed by atoms with Crippen molar-refractivity contribution in [1.82, 2.24) is 4.98 Å². The van der Waals surface area contributed by atoms with Gasteiger partial charge in [-0.3, -0.25) is 14.9 Å². The number of aromatic amines is 1. The number of fused-ring (bicyclic) bond motifs is 6. The molecular formula is C24H21ClN2O4S2. The van der Waals surface area contributed by atoms with Crippen LogP contribution in [0.5, 0.6) is 5.75 Å². The molecule has 0 amide bonds. The Morgan fingerprint density at radius 2 is 2.00 bits per heavy atom. The van der Waals surface area contributed by atoms with Crippen LogP contribution in [0.3, 0.4) is 0 Å². The van der Waals surface area contributed by atoms with Crippen LogP contribution in [-0.2, 0) is 6.61 Å². The number of nitrogens with zero attached hydrogens (tertiary/aromatic N) is 1. The Hall–Kier alpha value is -2.29. The normalized spacial score (nSPS) is 27.2. The van der Waals surface area contributed by atoms with E-state index in [1.807, 2.05) is 24.3 Å². The number of halogens is 1. The Labute approximate surface area is 203 Å². The van der Waals surface area contributed by atoms with E-state index in [0.717, 1.165) is 21.0 Å². The molecule has 6 rings (SSSR count). The summed E-state index contributed by atoms with van der Waals surface area (Å²) in [4.78, 5) is 27.6.